The Hall–Kier alpha value is -3.57. The van der Waals surface area contributed by atoms with Crippen LogP contribution in [0.3, 0.4) is 0 Å². The van der Waals surface area contributed by atoms with Crippen LogP contribution < -0.4 is 11.2 Å². The number of hydrogen-bond donors (Lipinski definition) is 2. The van der Waals surface area contributed by atoms with Crippen molar-refractivity contribution in [3.05, 3.63) is 58.1 Å². The van der Waals surface area contributed by atoms with E-state index < -0.39 is 5.91 Å². The van der Waals surface area contributed by atoms with Crippen LogP contribution in [-0.2, 0) is 0 Å². The number of nitrogens with one attached hydrogen (secondary N) is 1. The zero-order chi connectivity index (χ0) is 19.5. The van der Waals surface area contributed by atoms with Crippen LogP contribution in [-0.4, -0.2) is 37.4 Å². The Morgan fingerprint density at radius 1 is 1.29 bits per heavy atom. The third kappa shape index (κ3) is 3.35. The summed E-state index contributed by atoms with van der Waals surface area (Å²) < 4.78 is 5.92. The summed E-state index contributed by atoms with van der Waals surface area (Å²) in [6.07, 6.45) is 1.44. The van der Waals surface area contributed by atoms with Crippen molar-refractivity contribution in [2.45, 2.75) is 0 Å². The SMILES string of the molecule is Nc1nonc1-n1nnc(C(=O)N/N=C/c2ccccc2Cl)c1-c1cccs1. The second kappa shape index (κ2) is 7.58. The molecule has 0 aliphatic carbocycles. The van der Waals surface area contributed by atoms with Crippen LogP contribution in [0.2, 0.25) is 5.02 Å². The number of anilines is 1. The molecular weight excluding hydrogens is 404 g/mol. The van der Waals surface area contributed by atoms with Crippen LogP contribution in [0.25, 0.3) is 16.4 Å². The van der Waals surface area contributed by atoms with E-state index in [1.165, 1.54) is 22.2 Å². The molecule has 3 heterocycles. The maximum absolute atomic E-state index is 12.6. The fourth-order valence-electron chi connectivity index (χ4n) is 2.35. The standard InChI is InChI=1S/C16H11ClN8O2S/c17-10-5-2-1-4-9(10)8-19-21-16(26)12-13(11-6-3-7-28-11)25(24-20-12)15-14(18)22-27-23-15/h1-8H,(H2,18,22)(H,21,26)/b19-8+. The molecule has 1 amide bonds. The number of aromatic nitrogens is 5. The predicted octanol–water partition coefficient (Wildman–Crippen LogP) is 2.38. The molecule has 0 saturated carbocycles. The highest BCUT2D eigenvalue weighted by molar-refractivity contribution is 7.13. The van der Waals surface area contributed by atoms with Gasteiger partial charge in [0.15, 0.2) is 5.69 Å². The van der Waals surface area contributed by atoms with Crippen molar-refractivity contribution in [1.29, 1.82) is 0 Å². The molecule has 1 aromatic carbocycles. The molecule has 0 spiro atoms. The molecule has 28 heavy (non-hydrogen) atoms. The van der Waals surface area contributed by atoms with Gasteiger partial charge in [-0.25, -0.2) is 10.1 Å². The number of halogens is 1. The average Bonchev–Trinajstić information content (AvgIpc) is 3.42. The number of hydrazone groups is 1. The maximum atomic E-state index is 12.6. The monoisotopic (exact) mass is 414 g/mol. The molecule has 140 valence electrons. The summed E-state index contributed by atoms with van der Waals surface area (Å²) in [6.45, 7) is 0. The molecule has 0 saturated heterocycles. The average molecular weight is 415 g/mol. The van der Waals surface area contributed by atoms with Gasteiger partial charge in [0.05, 0.1) is 11.1 Å². The first-order valence-electron chi connectivity index (χ1n) is 7.81. The summed E-state index contributed by atoms with van der Waals surface area (Å²) in [4.78, 5) is 13.4. The highest BCUT2D eigenvalue weighted by atomic mass is 35.5. The molecular formula is C16H11ClN8O2S. The Labute approximate surface area is 166 Å². The number of hydrogen-bond acceptors (Lipinski definition) is 9. The predicted molar refractivity (Wildman–Crippen MR) is 103 cm³/mol. The zero-order valence-electron chi connectivity index (χ0n) is 14.0. The number of carbonyl (C=O) groups excluding carboxylic acids is 1. The van der Waals surface area contributed by atoms with Crippen molar-refractivity contribution in [3.8, 4) is 16.4 Å². The second-order valence-electron chi connectivity index (χ2n) is 5.37. The van der Waals surface area contributed by atoms with Crippen molar-refractivity contribution < 1.29 is 9.42 Å². The van der Waals surface area contributed by atoms with Crippen molar-refractivity contribution in [2.24, 2.45) is 5.10 Å². The van der Waals surface area contributed by atoms with Gasteiger partial charge >= 0.3 is 0 Å². The van der Waals surface area contributed by atoms with Crippen molar-refractivity contribution in [3.63, 3.8) is 0 Å². The van der Waals surface area contributed by atoms with Gasteiger partial charge in [0, 0.05) is 10.6 Å². The van der Waals surface area contributed by atoms with E-state index in [9.17, 15) is 4.79 Å². The van der Waals surface area contributed by atoms with Gasteiger partial charge in [-0.2, -0.15) is 9.78 Å². The Morgan fingerprint density at radius 2 is 2.14 bits per heavy atom. The van der Waals surface area contributed by atoms with E-state index in [2.05, 4.69) is 35.8 Å². The number of nitrogens with two attached hydrogens (primary N) is 1. The van der Waals surface area contributed by atoms with Gasteiger partial charge in [-0.1, -0.05) is 41.1 Å². The van der Waals surface area contributed by atoms with Crippen molar-refractivity contribution >= 4 is 40.9 Å². The molecule has 12 heteroatoms. The normalized spacial score (nSPS) is 11.2. The van der Waals surface area contributed by atoms with Gasteiger partial charge in [-0.3, -0.25) is 4.79 Å². The zero-order valence-corrected chi connectivity index (χ0v) is 15.6. The highest BCUT2D eigenvalue weighted by Gasteiger charge is 2.25. The summed E-state index contributed by atoms with van der Waals surface area (Å²) in [5, 5.41) is 21.5. The molecule has 3 aromatic heterocycles. The van der Waals surface area contributed by atoms with Crippen LogP contribution in [0.15, 0.2) is 51.5 Å². The third-order valence-electron chi connectivity index (χ3n) is 3.61. The Morgan fingerprint density at radius 3 is 2.86 bits per heavy atom. The minimum atomic E-state index is -0.562. The topological polar surface area (TPSA) is 137 Å². The summed E-state index contributed by atoms with van der Waals surface area (Å²) in [5.41, 5.74) is 9.26. The van der Waals surface area contributed by atoms with E-state index in [1.807, 2.05) is 23.6 Å². The van der Waals surface area contributed by atoms with E-state index in [-0.39, 0.29) is 17.3 Å². The van der Waals surface area contributed by atoms with E-state index >= 15 is 0 Å². The molecule has 0 aliphatic rings. The fourth-order valence-corrected chi connectivity index (χ4v) is 3.29. The van der Waals surface area contributed by atoms with Crippen LogP contribution >= 0.6 is 22.9 Å². The Bertz CT molecular complexity index is 1150. The van der Waals surface area contributed by atoms with Crippen molar-refractivity contribution in [2.75, 3.05) is 5.73 Å². The molecule has 0 aliphatic heterocycles. The molecule has 0 bridgehead atoms. The van der Waals surface area contributed by atoms with Gasteiger partial charge in [0.1, 0.15) is 5.69 Å². The number of benzene rings is 1. The van der Waals surface area contributed by atoms with Gasteiger partial charge in [0.2, 0.25) is 11.6 Å². The number of rotatable bonds is 5. The number of thiophene rings is 1. The molecule has 0 radical (unpaired) electrons. The Balaban J connectivity index is 1.66. The Kier molecular flexibility index (Phi) is 4.83. The summed E-state index contributed by atoms with van der Waals surface area (Å²) in [7, 11) is 0. The molecule has 0 atom stereocenters. The minimum Gasteiger partial charge on any atom is -0.378 e. The van der Waals surface area contributed by atoms with E-state index in [4.69, 9.17) is 17.3 Å². The molecule has 0 fully saturated rings. The second-order valence-corrected chi connectivity index (χ2v) is 6.72. The number of nitrogens with zero attached hydrogens (tertiary/aromatic N) is 6. The fraction of sp³-hybridized carbons (Fsp3) is 0. The lowest BCUT2D eigenvalue weighted by molar-refractivity contribution is 0.0951. The summed E-state index contributed by atoms with van der Waals surface area (Å²) >= 11 is 7.46. The van der Waals surface area contributed by atoms with Gasteiger partial charge in [0.25, 0.3) is 5.91 Å². The minimum absolute atomic E-state index is 0.0198. The van der Waals surface area contributed by atoms with Crippen molar-refractivity contribution in [1.82, 2.24) is 30.7 Å². The first kappa shape index (κ1) is 17.8. The lowest BCUT2D eigenvalue weighted by Crippen LogP contribution is -2.19. The summed E-state index contributed by atoms with van der Waals surface area (Å²) in [5.74, 6) is -0.408. The largest absolute Gasteiger partial charge is 0.378 e. The highest BCUT2D eigenvalue weighted by Crippen LogP contribution is 2.29. The molecule has 0 unspecified atom stereocenters. The van der Waals surface area contributed by atoms with E-state index in [1.54, 1.807) is 18.2 Å². The van der Waals surface area contributed by atoms with E-state index in [0.717, 1.165) is 4.88 Å². The number of amides is 1. The summed E-state index contributed by atoms with van der Waals surface area (Å²) in [6, 6.07) is 10.7. The van der Waals surface area contributed by atoms with Crippen LogP contribution in [0.1, 0.15) is 16.1 Å². The van der Waals surface area contributed by atoms with Gasteiger partial charge < -0.3 is 5.73 Å². The molecule has 4 rings (SSSR count). The number of carbonyl (C=O) groups is 1. The third-order valence-corrected chi connectivity index (χ3v) is 4.83. The first-order valence-corrected chi connectivity index (χ1v) is 9.07. The quantitative estimate of drug-likeness (QED) is 0.377. The van der Waals surface area contributed by atoms with Crippen LogP contribution in [0.5, 0.6) is 0 Å². The smallest absolute Gasteiger partial charge is 0.294 e. The number of nitrogen functional groups attached to an aromatic ring is 1. The molecule has 10 nitrogen and oxygen atoms in total. The lowest BCUT2D eigenvalue weighted by Gasteiger charge is -2.03. The van der Waals surface area contributed by atoms with Gasteiger partial charge in [-0.05, 0) is 27.8 Å². The van der Waals surface area contributed by atoms with Crippen LogP contribution in [0, 0.1) is 0 Å². The van der Waals surface area contributed by atoms with Gasteiger partial charge in [-0.15, -0.1) is 16.4 Å². The first-order chi connectivity index (χ1) is 13.6. The lowest BCUT2D eigenvalue weighted by atomic mass is 10.2. The van der Waals surface area contributed by atoms with E-state index in [0.29, 0.717) is 16.3 Å². The maximum Gasteiger partial charge on any atom is 0.294 e. The molecule has 4 aromatic rings. The van der Waals surface area contributed by atoms with Crippen LogP contribution in [0.4, 0.5) is 5.82 Å². The molecule has 3 N–H and O–H groups in total.